The summed E-state index contributed by atoms with van der Waals surface area (Å²) in [5.74, 6) is -1.60. The minimum Gasteiger partial charge on any atom is -0.460 e. The molecule has 0 saturated heterocycles. The smallest absolute Gasteiger partial charge is 0.328 e. The number of hydrogen-bond donors (Lipinski definition) is 1. The standard InChI is InChI=1S/C24H28N2O6/c1-14(2)23(28)31-13-30-19-10-7-11-25-21(19)22(27)26-16(4)24(29)32-20-12-17-8-5-6-9-18(17)15(20)3/h5-11,14-16,20H,12-13H2,1-4H3,(H,26,27)/t15?,16-,20?/m0/s1. The van der Waals surface area contributed by atoms with E-state index in [4.69, 9.17) is 14.2 Å². The number of ether oxygens (including phenoxy) is 3. The Kier molecular flexibility index (Phi) is 7.45. The number of esters is 2. The van der Waals surface area contributed by atoms with Gasteiger partial charge in [-0.15, -0.1) is 0 Å². The summed E-state index contributed by atoms with van der Waals surface area (Å²) in [7, 11) is 0. The average molecular weight is 440 g/mol. The van der Waals surface area contributed by atoms with Gasteiger partial charge in [-0.25, -0.2) is 9.78 Å². The molecule has 8 heteroatoms. The van der Waals surface area contributed by atoms with Crippen LogP contribution in [0.5, 0.6) is 5.75 Å². The first-order chi connectivity index (χ1) is 15.3. The molecule has 1 amide bonds. The van der Waals surface area contributed by atoms with Crippen LogP contribution >= 0.6 is 0 Å². The van der Waals surface area contributed by atoms with Crippen LogP contribution in [0.3, 0.4) is 0 Å². The van der Waals surface area contributed by atoms with Crippen molar-refractivity contribution in [2.45, 2.75) is 52.2 Å². The van der Waals surface area contributed by atoms with Crippen molar-refractivity contribution in [1.82, 2.24) is 10.3 Å². The van der Waals surface area contributed by atoms with Crippen LogP contribution < -0.4 is 10.1 Å². The van der Waals surface area contributed by atoms with E-state index in [-0.39, 0.29) is 36.2 Å². The van der Waals surface area contributed by atoms with Crippen molar-refractivity contribution in [2.24, 2.45) is 5.92 Å². The van der Waals surface area contributed by atoms with Gasteiger partial charge < -0.3 is 19.5 Å². The molecule has 0 aliphatic heterocycles. The summed E-state index contributed by atoms with van der Waals surface area (Å²) in [4.78, 5) is 40.9. The number of carbonyl (C=O) groups excluding carboxylic acids is 3. The highest BCUT2D eigenvalue weighted by molar-refractivity contribution is 5.97. The second-order valence-corrected chi connectivity index (χ2v) is 8.09. The number of amides is 1. The van der Waals surface area contributed by atoms with Crippen LogP contribution in [0.1, 0.15) is 55.2 Å². The van der Waals surface area contributed by atoms with E-state index in [9.17, 15) is 14.4 Å². The van der Waals surface area contributed by atoms with Crippen LogP contribution in [-0.2, 0) is 25.5 Å². The van der Waals surface area contributed by atoms with Gasteiger partial charge in [0.25, 0.3) is 5.91 Å². The fourth-order valence-corrected chi connectivity index (χ4v) is 3.47. The summed E-state index contributed by atoms with van der Waals surface area (Å²) in [6.07, 6.45) is 1.81. The Hall–Kier alpha value is -3.42. The normalized spacial score (nSPS) is 17.9. The van der Waals surface area contributed by atoms with Gasteiger partial charge in [-0.2, -0.15) is 0 Å². The molecule has 1 heterocycles. The predicted octanol–water partition coefficient (Wildman–Crippen LogP) is 3.01. The van der Waals surface area contributed by atoms with Gasteiger partial charge in [0.1, 0.15) is 12.1 Å². The molecule has 0 spiro atoms. The summed E-state index contributed by atoms with van der Waals surface area (Å²) < 4.78 is 16.1. The summed E-state index contributed by atoms with van der Waals surface area (Å²) in [5.41, 5.74) is 2.33. The maximum atomic E-state index is 12.7. The Morgan fingerprint density at radius 3 is 2.56 bits per heavy atom. The third-order valence-electron chi connectivity index (χ3n) is 5.37. The first-order valence-electron chi connectivity index (χ1n) is 10.6. The first-order valence-corrected chi connectivity index (χ1v) is 10.6. The summed E-state index contributed by atoms with van der Waals surface area (Å²) in [6.45, 7) is 6.64. The van der Waals surface area contributed by atoms with Gasteiger partial charge in [0.15, 0.2) is 11.4 Å². The average Bonchev–Trinajstić information content (AvgIpc) is 3.09. The number of rotatable bonds is 8. The Morgan fingerprint density at radius 2 is 1.84 bits per heavy atom. The number of nitrogens with zero attached hydrogens (tertiary/aromatic N) is 1. The van der Waals surface area contributed by atoms with E-state index < -0.39 is 23.9 Å². The third-order valence-corrected chi connectivity index (χ3v) is 5.37. The highest BCUT2D eigenvalue weighted by Gasteiger charge is 2.33. The van der Waals surface area contributed by atoms with Crippen molar-refractivity contribution in [3.63, 3.8) is 0 Å². The minimum absolute atomic E-state index is 0.0191. The molecule has 3 atom stereocenters. The molecule has 0 bridgehead atoms. The van der Waals surface area contributed by atoms with E-state index in [1.165, 1.54) is 23.4 Å². The second kappa shape index (κ2) is 10.3. The summed E-state index contributed by atoms with van der Waals surface area (Å²) >= 11 is 0. The lowest BCUT2D eigenvalue weighted by Crippen LogP contribution is -2.41. The predicted molar refractivity (Wildman–Crippen MR) is 116 cm³/mol. The molecule has 1 aliphatic carbocycles. The molecule has 2 aromatic rings. The second-order valence-electron chi connectivity index (χ2n) is 8.09. The van der Waals surface area contributed by atoms with Crippen molar-refractivity contribution in [3.8, 4) is 5.75 Å². The van der Waals surface area contributed by atoms with Crippen LogP contribution in [0.15, 0.2) is 42.6 Å². The van der Waals surface area contributed by atoms with Gasteiger partial charge >= 0.3 is 11.9 Å². The number of hydrogen-bond acceptors (Lipinski definition) is 7. The fourth-order valence-electron chi connectivity index (χ4n) is 3.47. The molecule has 0 saturated carbocycles. The topological polar surface area (TPSA) is 104 Å². The van der Waals surface area contributed by atoms with Crippen molar-refractivity contribution in [3.05, 3.63) is 59.4 Å². The number of benzene rings is 1. The van der Waals surface area contributed by atoms with Crippen LogP contribution in [0.4, 0.5) is 0 Å². The Morgan fingerprint density at radius 1 is 1.09 bits per heavy atom. The molecule has 1 N–H and O–H groups in total. The molecule has 1 aromatic heterocycles. The maximum absolute atomic E-state index is 12.7. The molecule has 3 rings (SSSR count). The molecular formula is C24H28N2O6. The third kappa shape index (κ3) is 5.43. The van der Waals surface area contributed by atoms with Gasteiger partial charge in [-0.3, -0.25) is 9.59 Å². The molecule has 2 unspecified atom stereocenters. The quantitative estimate of drug-likeness (QED) is 0.497. The number of aromatic nitrogens is 1. The molecule has 170 valence electrons. The zero-order valence-electron chi connectivity index (χ0n) is 18.7. The van der Waals surface area contributed by atoms with Crippen LogP contribution in [0.25, 0.3) is 0 Å². The lowest BCUT2D eigenvalue weighted by Gasteiger charge is -2.20. The van der Waals surface area contributed by atoms with Crippen molar-refractivity contribution in [2.75, 3.05) is 6.79 Å². The number of pyridine rings is 1. The zero-order chi connectivity index (χ0) is 23.3. The van der Waals surface area contributed by atoms with Gasteiger partial charge in [0, 0.05) is 18.5 Å². The monoisotopic (exact) mass is 440 g/mol. The summed E-state index contributed by atoms with van der Waals surface area (Å²) in [6, 6.07) is 10.3. The van der Waals surface area contributed by atoms with E-state index in [1.807, 2.05) is 31.2 Å². The lowest BCUT2D eigenvalue weighted by molar-refractivity contribution is -0.154. The molecule has 8 nitrogen and oxygen atoms in total. The van der Waals surface area contributed by atoms with E-state index in [2.05, 4.69) is 10.3 Å². The molecule has 1 aliphatic rings. The van der Waals surface area contributed by atoms with Crippen LogP contribution in [0, 0.1) is 5.92 Å². The van der Waals surface area contributed by atoms with E-state index in [0.717, 1.165) is 0 Å². The molecule has 1 aromatic carbocycles. The van der Waals surface area contributed by atoms with Crippen molar-refractivity contribution in [1.29, 1.82) is 0 Å². The van der Waals surface area contributed by atoms with Crippen molar-refractivity contribution < 1.29 is 28.6 Å². The number of carbonyl (C=O) groups is 3. The van der Waals surface area contributed by atoms with Gasteiger partial charge in [-0.1, -0.05) is 45.0 Å². The minimum atomic E-state index is -0.882. The van der Waals surface area contributed by atoms with E-state index in [0.29, 0.717) is 6.42 Å². The molecule has 0 radical (unpaired) electrons. The Balaban J connectivity index is 1.56. The Bertz CT molecular complexity index is 990. The molecule has 0 fully saturated rings. The summed E-state index contributed by atoms with van der Waals surface area (Å²) in [5, 5.41) is 2.60. The highest BCUT2D eigenvalue weighted by atomic mass is 16.7. The zero-order valence-corrected chi connectivity index (χ0v) is 18.7. The van der Waals surface area contributed by atoms with Gasteiger partial charge in [0.05, 0.1) is 5.92 Å². The van der Waals surface area contributed by atoms with Crippen LogP contribution in [-0.4, -0.2) is 41.8 Å². The SMILES string of the molecule is CC(C)C(=O)OCOc1cccnc1C(=O)N[C@@H](C)C(=O)OC1Cc2ccccc2C1C. The molecule has 32 heavy (non-hydrogen) atoms. The van der Waals surface area contributed by atoms with E-state index in [1.54, 1.807) is 26.8 Å². The lowest BCUT2D eigenvalue weighted by atomic mass is 10.0. The highest BCUT2D eigenvalue weighted by Crippen LogP contribution is 2.34. The molecular weight excluding hydrogens is 412 g/mol. The largest absolute Gasteiger partial charge is 0.460 e. The van der Waals surface area contributed by atoms with Crippen LogP contribution in [0.2, 0.25) is 0 Å². The van der Waals surface area contributed by atoms with Gasteiger partial charge in [-0.05, 0) is 30.2 Å². The van der Waals surface area contributed by atoms with Gasteiger partial charge in [0.2, 0.25) is 6.79 Å². The fraction of sp³-hybridized carbons (Fsp3) is 0.417. The van der Waals surface area contributed by atoms with E-state index >= 15 is 0 Å². The first kappa shape index (κ1) is 23.2. The Labute approximate surface area is 187 Å². The number of fused-ring (bicyclic) bond motifs is 1. The van der Waals surface area contributed by atoms with Crippen molar-refractivity contribution >= 4 is 17.8 Å². The number of nitrogens with one attached hydrogen (secondary N) is 1. The maximum Gasteiger partial charge on any atom is 0.328 e.